The summed E-state index contributed by atoms with van der Waals surface area (Å²) in [6, 6.07) is 15.0. The number of hydrogen-bond donors (Lipinski definition) is 1. The lowest BCUT2D eigenvalue weighted by atomic mass is 10.2. The van der Waals surface area contributed by atoms with Crippen molar-refractivity contribution in [2.24, 2.45) is 5.92 Å². The van der Waals surface area contributed by atoms with E-state index in [2.05, 4.69) is 19.2 Å². The third-order valence-corrected chi connectivity index (χ3v) is 3.39. The Morgan fingerprint density at radius 3 is 2.42 bits per heavy atom. The van der Waals surface area contributed by atoms with Gasteiger partial charge >= 0.3 is 0 Å². The smallest absolute Gasteiger partial charge is 0.265 e. The lowest BCUT2D eigenvalue weighted by molar-refractivity contribution is -0.122. The Bertz CT molecular complexity index is 665. The van der Waals surface area contributed by atoms with Crippen LogP contribution >= 0.6 is 0 Å². The van der Waals surface area contributed by atoms with Crippen molar-refractivity contribution in [2.45, 2.75) is 33.8 Å². The van der Waals surface area contributed by atoms with Crippen LogP contribution in [0.25, 0.3) is 0 Å². The van der Waals surface area contributed by atoms with E-state index in [-0.39, 0.29) is 5.91 Å². The monoisotopic (exact) mass is 327 g/mol. The summed E-state index contributed by atoms with van der Waals surface area (Å²) in [6.45, 7) is 8.57. The van der Waals surface area contributed by atoms with Gasteiger partial charge in [-0.05, 0) is 44.0 Å². The summed E-state index contributed by atoms with van der Waals surface area (Å²) in [5.74, 6) is 1.67. The lowest BCUT2D eigenvalue weighted by Gasteiger charge is -2.15. The van der Waals surface area contributed by atoms with E-state index in [4.69, 9.17) is 9.47 Å². The van der Waals surface area contributed by atoms with Crippen LogP contribution in [0.4, 0.5) is 5.69 Å². The van der Waals surface area contributed by atoms with Gasteiger partial charge in [0, 0.05) is 11.8 Å². The average molecular weight is 327 g/mol. The van der Waals surface area contributed by atoms with Gasteiger partial charge in [-0.15, -0.1) is 0 Å². The van der Waals surface area contributed by atoms with Gasteiger partial charge < -0.3 is 14.8 Å². The van der Waals surface area contributed by atoms with Gasteiger partial charge in [0.05, 0.1) is 6.61 Å². The average Bonchev–Trinajstić information content (AvgIpc) is 2.55. The van der Waals surface area contributed by atoms with Crippen molar-refractivity contribution in [1.29, 1.82) is 0 Å². The second-order valence-electron chi connectivity index (χ2n) is 6.30. The molecule has 0 radical (unpaired) electrons. The SMILES string of the molecule is Cc1ccc(OC(C)C(=O)Nc2cccc(OCC(C)C)c2)cc1. The fraction of sp³-hybridized carbons (Fsp3) is 0.350. The molecular formula is C20H25NO3. The number of carbonyl (C=O) groups is 1. The number of hydrogen-bond acceptors (Lipinski definition) is 3. The second-order valence-corrected chi connectivity index (χ2v) is 6.30. The minimum absolute atomic E-state index is 0.198. The minimum Gasteiger partial charge on any atom is -0.493 e. The van der Waals surface area contributed by atoms with E-state index >= 15 is 0 Å². The molecule has 1 N–H and O–H groups in total. The van der Waals surface area contributed by atoms with Gasteiger partial charge in [0.15, 0.2) is 6.10 Å². The largest absolute Gasteiger partial charge is 0.493 e. The summed E-state index contributed by atoms with van der Waals surface area (Å²) in [5.41, 5.74) is 1.85. The van der Waals surface area contributed by atoms with Crippen LogP contribution in [0.5, 0.6) is 11.5 Å². The van der Waals surface area contributed by atoms with Gasteiger partial charge in [0.1, 0.15) is 11.5 Å². The maximum atomic E-state index is 12.3. The Labute approximate surface area is 143 Å². The quantitative estimate of drug-likeness (QED) is 0.818. The summed E-state index contributed by atoms with van der Waals surface area (Å²) in [5, 5.41) is 2.86. The van der Waals surface area contributed by atoms with Gasteiger partial charge in [0.2, 0.25) is 0 Å². The standard InChI is InChI=1S/C20H25NO3/c1-14(2)13-23-19-7-5-6-17(12-19)21-20(22)16(4)24-18-10-8-15(3)9-11-18/h5-12,14,16H,13H2,1-4H3,(H,21,22). The number of anilines is 1. The van der Waals surface area contributed by atoms with Crippen LogP contribution in [-0.2, 0) is 4.79 Å². The summed E-state index contributed by atoms with van der Waals surface area (Å²) in [4.78, 5) is 12.3. The van der Waals surface area contributed by atoms with E-state index < -0.39 is 6.10 Å². The first-order valence-corrected chi connectivity index (χ1v) is 8.21. The zero-order valence-electron chi connectivity index (χ0n) is 14.7. The highest BCUT2D eigenvalue weighted by Crippen LogP contribution is 2.19. The van der Waals surface area contributed by atoms with Crippen molar-refractivity contribution in [1.82, 2.24) is 0 Å². The summed E-state index contributed by atoms with van der Waals surface area (Å²) in [7, 11) is 0. The van der Waals surface area contributed by atoms with Crippen molar-refractivity contribution < 1.29 is 14.3 Å². The van der Waals surface area contributed by atoms with Gasteiger partial charge in [-0.3, -0.25) is 4.79 Å². The topological polar surface area (TPSA) is 47.6 Å². The molecule has 4 heteroatoms. The first-order chi connectivity index (χ1) is 11.4. The first-order valence-electron chi connectivity index (χ1n) is 8.21. The Morgan fingerprint density at radius 2 is 1.75 bits per heavy atom. The third-order valence-electron chi connectivity index (χ3n) is 3.39. The lowest BCUT2D eigenvalue weighted by Crippen LogP contribution is -2.30. The summed E-state index contributed by atoms with van der Waals surface area (Å²) >= 11 is 0. The molecule has 128 valence electrons. The van der Waals surface area contributed by atoms with Gasteiger partial charge in [0.25, 0.3) is 5.91 Å². The minimum atomic E-state index is -0.590. The molecule has 0 heterocycles. The van der Waals surface area contributed by atoms with Crippen LogP contribution in [0, 0.1) is 12.8 Å². The van der Waals surface area contributed by atoms with Crippen LogP contribution in [0.3, 0.4) is 0 Å². The molecule has 2 rings (SSSR count). The third kappa shape index (κ3) is 5.61. The van der Waals surface area contributed by atoms with Crippen LogP contribution in [-0.4, -0.2) is 18.6 Å². The van der Waals surface area contributed by atoms with Crippen LogP contribution in [0.15, 0.2) is 48.5 Å². The van der Waals surface area contributed by atoms with E-state index in [1.807, 2.05) is 55.5 Å². The molecule has 2 aromatic carbocycles. The molecule has 0 aliphatic heterocycles. The van der Waals surface area contributed by atoms with E-state index in [9.17, 15) is 4.79 Å². The van der Waals surface area contributed by atoms with Gasteiger partial charge in [-0.2, -0.15) is 0 Å². The highest BCUT2D eigenvalue weighted by Gasteiger charge is 2.15. The molecule has 0 aromatic heterocycles. The Kier molecular flexibility index (Phi) is 6.24. The first kappa shape index (κ1) is 17.9. The zero-order valence-corrected chi connectivity index (χ0v) is 14.7. The molecule has 0 saturated carbocycles. The summed E-state index contributed by atoms with van der Waals surface area (Å²) in [6.07, 6.45) is -0.590. The molecule has 24 heavy (non-hydrogen) atoms. The molecule has 0 bridgehead atoms. The Morgan fingerprint density at radius 1 is 1.04 bits per heavy atom. The van der Waals surface area contributed by atoms with E-state index in [1.54, 1.807) is 6.92 Å². The molecule has 4 nitrogen and oxygen atoms in total. The number of carbonyl (C=O) groups excluding carboxylic acids is 1. The van der Waals surface area contributed by atoms with E-state index in [0.29, 0.717) is 24.0 Å². The number of aryl methyl sites for hydroxylation is 1. The number of rotatable bonds is 7. The van der Waals surface area contributed by atoms with Crippen molar-refractivity contribution in [3.63, 3.8) is 0 Å². The maximum Gasteiger partial charge on any atom is 0.265 e. The Balaban J connectivity index is 1.93. The van der Waals surface area contributed by atoms with Crippen LogP contribution in [0.1, 0.15) is 26.3 Å². The van der Waals surface area contributed by atoms with Crippen molar-refractivity contribution in [3.8, 4) is 11.5 Å². The summed E-state index contributed by atoms with van der Waals surface area (Å²) < 4.78 is 11.3. The van der Waals surface area contributed by atoms with E-state index in [0.717, 1.165) is 11.3 Å². The maximum absolute atomic E-state index is 12.3. The highest BCUT2D eigenvalue weighted by molar-refractivity contribution is 5.94. The molecule has 0 saturated heterocycles. The van der Waals surface area contributed by atoms with Crippen molar-refractivity contribution in [3.05, 3.63) is 54.1 Å². The molecule has 0 aliphatic rings. The number of nitrogens with one attached hydrogen (secondary N) is 1. The predicted octanol–water partition coefficient (Wildman–Crippen LogP) is 4.44. The van der Waals surface area contributed by atoms with Gasteiger partial charge in [-0.25, -0.2) is 0 Å². The van der Waals surface area contributed by atoms with E-state index in [1.165, 1.54) is 0 Å². The van der Waals surface area contributed by atoms with Crippen molar-refractivity contribution in [2.75, 3.05) is 11.9 Å². The normalized spacial score (nSPS) is 11.9. The molecule has 0 spiro atoms. The molecule has 1 atom stereocenters. The molecule has 1 unspecified atom stereocenters. The molecule has 0 fully saturated rings. The van der Waals surface area contributed by atoms with Crippen molar-refractivity contribution >= 4 is 11.6 Å². The molecule has 2 aromatic rings. The molecule has 1 amide bonds. The highest BCUT2D eigenvalue weighted by atomic mass is 16.5. The fourth-order valence-electron chi connectivity index (χ4n) is 2.04. The van der Waals surface area contributed by atoms with Gasteiger partial charge in [-0.1, -0.05) is 37.6 Å². The second kappa shape index (κ2) is 8.39. The number of amides is 1. The van der Waals surface area contributed by atoms with Crippen LogP contribution in [0.2, 0.25) is 0 Å². The molecular weight excluding hydrogens is 302 g/mol. The number of benzene rings is 2. The molecule has 0 aliphatic carbocycles. The van der Waals surface area contributed by atoms with Crippen LogP contribution < -0.4 is 14.8 Å². The Hall–Kier alpha value is -2.49. The zero-order chi connectivity index (χ0) is 17.5. The number of ether oxygens (including phenoxy) is 2. The fourth-order valence-corrected chi connectivity index (χ4v) is 2.04. The predicted molar refractivity (Wildman–Crippen MR) is 96.7 cm³/mol.